The highest BCUT2D eigenvalue weighted by atomic mass is 32.1. The molecule has 5 nitrogen and oxygen atoms in total. The van der Waals surface area contributed by atoms with Crippen molar-refractivity contribution in [3.8, 4) is 0 Å². The Morgan fingerprint density at radius 2 is 2.29 bits per heavy atom. The van der Waals surface area contributed by atoms with Gasteiger partial charge in [-0.05, 0) is 49.2 Å². The zero-order valence-corrected chi connectivity index (χ0v) is 12.8. The van der Waals surface area contributed by atoms with E-state index in [1.807, 2.05) is 0 Å². The van der Waals surface area contributed by atoms with E-state index >= 15 is 0 Å². The molecule has 3 N–H and O–H groups in total. The average molecular weight is 308 g/mol. The van der Waals surface area contributed by atoms with Gasteiger partial charge in [0, 0.05) is 18.7 Å². The Hall–Kier alpha value is -1.66. The van der Waals surface area contributed by atoms with Crippen LogP contribution in [0.3, 0.4) is 0 Å². The van der Waals surface area contributed by atoms with Crippen molar-refractivity contribution in [1.82, 2.24) is 10.3 Å². The molecular formula is C15H20N2O3S. The predicted molar refractivity (Wildman–Crippen MR) is 83.8 cm³/mol. The Kier molecular flexibility index (Phi) is 5.52. The summed E-state index contributed by atoms with van der Waals surface area (Å²) in [7, 11) is 0. The van der Waals surface area contributed by atoms with Gasteiger partial charge in [-0.25, -0.2) is 0 Å². The minimum absolute atomic E-state index is 0.140. The van der Waals surface area contributed by atoms with E-state index in [-0.39, 0.29) is 12.5 Å². The van der Waals surface area contributed by atoms with E-state index in [1.165, 1.54) is 0 Å². The Labute approximate surface area is 128 Å². The highest BCUT2D eigenvalue weighted by Gasteiger charge is 2.12. The second-order valence-corrected chi connectivity index (χ2v) is 5.47. The monoisotopic (exact) mass is 308 g/mol. The van der Waals surface area contributed by atoms with Crippen molar-refractivity contribution in [2.75, 3.05) is 13.2 Å². The standard InChI is InChI=1S/C15H20N2O3S/c1-2-3-10(6-7-18)9-16-14(19)11-4-5-12-13(8-11)20-15(21)17-12/h4-5,8,10,18H,2-3,6-7,9H2,1H3,(H,16,19)(H,17,21). The molecule has 2 rings (SSSR count). The molecule has 6 heteroatoms. The van der Waals surface area contributed by atoms with Crippen molar-refractivity contribution in [2.24, 2.45) is 5.92 Å². The number of fused-ring (bicyclic) bond motifs is 1. The van der Waals surface area contributed by atoms with Crippen LogP contribution in [0.5, 0.6) is 0 Å². The van der Waals surface area contributed by atoms with Crippen LogP contribution < -0.4 is 5.32 Å². The first-order chi connectivity index (χ1) is 10.1. The van der Waals surface area contributed by atoms with Crippen molar-refractivity contribution in [3.63, 3.8) is 0 Å². The van der Waals surface area contributed by atoms with Gasteiger partial charge in [-0.1, -0.05) is 13.3 Å². The maximum atomic E-state index is 12.2. The fourth-order valence-corrected chi connectivity index (χ4v) is 2.56. The van der Waals surface area contributed by atoms with E-state index in [9.17, 15) is 4.79 Å². The minimum atomic E-state index is -0.140. The number of benzene rings is 1. The average Bonchev–Trinajstić information content (AvgIpc) is 2.84. The molecule has 0 spiro atoms. The quantitative estimate of drug-likeness (QED) is 0.687. The highest BCUT2D eigenvalue weighted by Crippen LogP contribution is 2.16. The summed E-state index contributed by atoms with van der Waals surface area (Å²) in [6.45, 7) is 2.82. The number of aliphatic hydroxyl groups is 1. The van der Waals surface area contributed by atoms with Crippen molar-refractivity contribution in [2.45, 2.75) is 26.2 Å². The zero-order chi connectivity index (χ0) is 15.2. The summed E-state index contributed by atoms with van der Waals surface area (Å²) < 4.78 is 5.31. The van der Waals surface area contributed by atoms with Crippen LogP contribution in [0.4, 0.5) is 0 Å². The molecular weight excluding hydrogens is 288 g/mol. The zero-order valence-electron chi connectivity index (χ0n) is 12.0. The van der Waals surface area contributed by atoms with Crippen LogP contribution >= 0.6 is 12.2 Å². The molecule has 0 saturated carbocycles. The van der Waals surface area contributed by atoms with Crippen LogP contribution in [0.2, 0.25) is 0 Å². The molecule has 0 radical (unpaired) electrons. The number of oxazole rings is 1. The van der Waals surface area contributed by atoms with Crippen LogP contribution in [0.15, 0.2) is 22.6 Å². The molecule has 114 valence electrons. The molecule has 1 atom stereocenters. The van der Waals surface area contributed by atoms with Gasteiger partial charge in [0.05, 0.1) is 5.52 Å². The van der Waals surface area contributed by atoms with Crippen LogP contribution in [0.25, 0.3) is 11.1 Å². The van der Waals surface area contributed by atoms with Gasteiger partial charge in [-0.15, -0.1) is 0 Å². The number of nitrogens with one attached hydrogen (secondary N) is 2. The number of amides is 1. The van der Waals surface area contributed by atoms with Gasteiger partial charge in [0.25, 0.3) is 10.7 Å². The molecule has 0 aliphatic heterocycles. The molecule has 0 bridgehead atoms. The largest absolute Gasteiger partial charge is 0.429 e. The Bertz CT molecular complexity index is 656. The Morgan fingerprint density at radius 3 is 3.00 bits per heavy atom. The smallest absolute Gasteiger partial charge is 0.266 e. The number of H-pyrrole nitrogens is 1. The SMILES string of the molecule is CCCC(CCO)CNC(=O)c1ccc2[nH]c(=S)oc2c1. The summed E-state index contributed by atoms with van der Waals surface area (Å²) in [5.41, 5.74) is 1.90. The number of aromatic nitrogens is 1. The predicted octanol–water partition coefficient (Wildman–Crippen LogP) is 3.02. The lowest BCUT2D eigenvalue weighted by Gasteiger charge is -2.15. The van der Waals surface area contributed by atoms with Gasteiger partial charge < -0.3 is 19.8 Å². The van der Waals surface area contributed by atoms with Crippen molar-refractivity contribution in [1.29, 1.82) is 0 Å². The lowest BCUT2D eigenvalue weighted by atomic mass is 10.00. The molecule has 1 heterocycles. The van der Waals surface area contributed by atoms with E-state index in [4.69, 9.17) is 21.7 Å². The molecule has 1 aromatic carbocycles. The van der Waals surface area contributed by atoms with Gasteiger partial charge >= 0.3 is 0 Å². The fraction of sp³-hybridized carbons (Fsp3) is 0.467. The van der Waals surface area contributed by atoms with Crippen molar-refractivity contribution >= 4 is 29.2 Å². The van der Waals surface area contributed by atoms with Crippen molar-refractivity contribution in [3.05, 3.63) is 28.6 Å². The summed E-state index contributed by atoms with van der Waals surface area (Å²) in [4.78, 5) is 15.4. The van der Waals surface area contributed by atoms with E-state index in [0.29, 0.717) is 34.9 Å². The topological polar surface area (TPSA) is 78.3 Å². The molecule has 1 amide bonds. The molecule has 0 aliphatic carbocycles. The lowest BCUT2D eigenvalue weighted by molar-refractivity contribution is 0.0943. The second-order valence-electron chi connectivity index (χ2n) is 5.10. The Balaban J connectivity index is 2.02. The van der Waals surface area contributed by atoms with E-state index in [2.05, 4.69) is 17.2 Å². The first-order valence-corrected chi connectivity index (χ1v) is 7.56. The molecule has 0 saturated heterocycles. The second kappa shape index (κ2) is 7.38. The normalized spacial score (nSPS) is 12.5. The van der Waals surface area contributed by atoms with Gasteiger partial charge in [-0.3, -0.25) is 4.79 Å². The third kappa shape index (κ3) is 4.15. The summed E-state index contributed by atoms with van der Waals surface area (Å²) >= 11 is 4.92. The molecule has 2 aromatic rings. The summed E-state index contributed by atoms with van der Waals surface area (Å²) in [6.07, 6.45) is 2.74. The summed E-state index contributed by atoms with van der Waals surface area (Å²) in [5, 5.41) is 11.9. The maximum Gasteiger partial charge on any atom is 0.266 e. The lowest BCUT2D eigenvalue weighted by Crippen LogP contribution is -2.29. The van der Waals surface area contributed by atoms with E-state index < -0.39 is 0 Å². The highest BCUT2D eigenvalue weighted by molar-refractivity contribution is 7.71. The van der Waals surface area contributed by atoms with E-state index in [1.54, 1.807) is 18.2 Å². The number of aromatic amines is 1. The first kappa shape index (κ1) is 15.7. The number of hydrogen-bond donors (Lipinski definition) is 3. The maximum absolute atomic E-state index is 12.2. The Morgan fingerprint density at radius 1 is 1.48 bits per heavy atom. The van der Waals surface area contributed by atoms with E-state index in [0.717, 1.165) is 18.4 Å². The molecule has 0 fully saturated rings. The van der Waals surface area contributed by atoms with Crippen LogP contribution in [0, 0.1) is 10.8 Å². The van der Waals surface area contributed by atoms with Gasteiger partial charge in [0.1, 0.15) is 0 Å². The molecule has 1 unspecified atom stereocenters. The third-order valence-electron chi connectivity index (χ3n) is 3.47. The molecule has 1 aromatic heterocycles. The number of rotatable bonds is 7. The number of aliphatic hydroxyl groups excluding tert-OH is 1. The number of hydrogen-bond acceptors (Lipinski definition) is 4. The minimum Gasteiger partial charge on any atom is -0.429 e. The number of carbonyl (C=O) groups excluding carboxylic acids is 1. The fourth-order valence-electron chi connectivity index (χ4n) is 2.37. The molecule has 21 heavy (non-hydrogen) atoms. The van der Waals surface area contributed by atoms with Gasteiger partial charge in [0.2, 0.25) is 0 Å². The van der Waals surface area contributed by atoms with Crippen LogP contribution in [0.1, 0.15) is 36.5 Å². The van der Waals surface area contributed by atoms with Crippen molar-refractivity contribution < 1.29 is 14.3 Å². The molecule has 0 aliphatic rings. The van der Waals surface area contributed by atoms with Gasteiger partial charge in [-0.2, -0.15) is 0 Å². The summed E-state index contributed by atoms with van der Waals surface area (Å²) in [5.74, 6) is 0.169. The number of carbonyl (C=O) groups is 1. The third-order valence-corrected chi connectivity index (χ3v) is 3.65. The van der Waals surface area contributed by atoms with Crippen LogP contribution in [-0.2, 0) is 0 Å². The summed E-state index contributed by atoms with van der Waals surface area (Å²) in [6, 6.07) is 5.19. The van der Waals surface area contributed by atoms with Crippen LogP contribution in [-0.4, -0.2) is 29.1 Å². The first-order valence-electron chi connectivity index (χ1n) is 7.16. The van der Waals surface area contributed by atoms with Gasteiger partial charge in [0.15, 0.2) is 5.58 Å².